The Kier molecular flexibility index (Phi) is 4.19. The first kappa shape index (κ1) is 13.8. The fourth-order valence-corrected chi connectivity index (χ4v) is 3.46. The Morgan fingerprint density at radius 2 is 2.45 bits per heavy atom. The van der Waals surface area contributed by atoms with Crippen molar-refractivity contribution in [3.63, 3.8) is 0 Å². The van der Waals surface area contributed by atoms with Gasteiger partial charge in [-0.15, -0.1) is 0 Å². The van der Waals surface area contributed by atoms with Gasteiger partial charge in [-0.3, -0.25) is 4.79 Å². The molecule has 6 heteroatoms. The van der Waals surface area contributed by atoms with Gasteiger partial charge in [0.1, 0.15) is 0 Å². The minimum Gasteiger partial charge on any atom is -0.378 e. The number of carbonyl (C=O) groups is 1. The zero-order chi connectivity index (χ0) is 13.9. The van der Waals surface area contributed by atoms with Crippen LogP contribution in [0.5, 0.6) is 0 Å². The van der Waals surface area contributed by atoms with Crippen molar-refractivity contribution < 1.29 is 9.53 Å². The van der Waals surface area contributed by atoms with Crippen LogP contribution in [-0.2, 0) is 9.53 Å². The summed E-state index contributed by atoms with van der Waals surface area (Å²) < 4.78 is 6.49. The van der Waals surface area contributed by atoms with E-state index in [4.69, 9.17) is 16.3 Å². The number of ether oxygens (including phenoxy) is 1. The molecule has 0 aliphatic carbocycles. The molecule has 1 saturated heterocycles. The summed E-state index contributed by atoms with van der Waals surface area (Å²) in [6.45, 7) is 0.824. The van der Waals surface area contributed by atoms with Crippen molar-refractivity contribution in [1.82, 2.24) is 4.98 Å². The Bertz CT molecular complexity index is 623. The molecule has 1 amide bonds. The standard InChI is InChI=1S/C14H15ClN2O2S/c15-9-3-5-11-12(8-9)20-14(16-11)17-13(18)6-4-10-2-1-7-19-10/h3,5,8,10H,1-2,4,6-7H2,(H,16,17,18). The molecule has 1 atom stereocenters. The minimum atomic E-state index is -0.00865. The van der Waals surface area contributed by atoms with Crippen molar-refractivity contribution in [2.45, 2.75) is 31.8 Å². The molecule has 4 nitrogen and oxygen atoms in total. The lowest BCUT2D eigenvalue weighted by Gasteiger charge is -2.07. The third kappa shape index (κ3) is 3.29. The molecule has 20 heavy (non-hydrogen) atoms. The van der Waals surface area contributed by atoms with Crippen LogP contribution < -0.4 is 5.32 Å². The number of rotatable bonds is 4. The van der Waals surface area contributed by atoms with Crippen LogP contribution in [0.1, 0.15) is 25.7 Å². The Balaban J connectivity index is 1.59. The van der Waals surface area contributed by atoms with Gasteiger partial charge in [0.05, 0.1) is 16.3 Å². The molecule has 2 heterocycles. The maximum absolute atomic E-state index is 11.9. The highest BCUT2D eigenvalue weighted by atomic mass is 35.5. The van der Waals surface area contributed by atoms with E-state index in [1.165, 1.54) is 11.3 Å². The number of halogens is 1. The van der Waals surface area contributed by atoms with Gasteiger partial charge in [-0.1, -0.05) is 22.9 Å². The normalized spacial score (nSPS) is 18.6. The second kappa shape index (κ2) is 6.08. The molecule has 1 unspecified atom stereocenters. The van der Waals surface area contributed by atoms with Gasteiger partial charge in [0.15, 0.2) is 5.13 Å². The Morgan fingerprint density at radius 3 is 3.25 bits per heavy atom. The molecule has 0 saturated carbocycles. The summed E-state index contributed by atoms with van der Waals surface area (Å²) in [4.78, 5) is 16.3. The summed E-state index contributed by atoms with van der Waals surface area (Å²) >= 11 is 7.37. The number of carbonyl (C=O) groups excluding carboxylic acids is 1. The second-order valence-electron chi connectivity index (χ2n) is 4.85. The van der Waals surface area contributed by atoms with Gasteiger partial charge in [0.25, 0.3) is 0 Å². The summed E-state index contributed by atoms with van der Waals surface area (Å²) in [5.74, 6) is -0.00865. The van der Waals surface area contributed by atoms with Crippen LogP contribution in [0.3, 0.4) is 0 Å². The van der Waals surface area contributed by atoms with E-state index in [1.54, 1.807) is 6.07 Å². The molecule has 1 aromatic carbocycles. The first-order chi connectivity index (χ1) is 9.70. The predicted octanol–water partition coefficient (Wildman–Crippen LogP) is 3.85. The van der Waals surface area contributed by atoms with E-state index >= 15 is 0 Å². The summed E-state index contributed by atoms with van der Waals surface area (Å²) in [5, 5.41) is 4.15. The number of fused-ring (bicyclic) bond motifs is 1. The van der Waals surface area contributed by atoms with E-state index in [-0.39, 0.29) is 12.0 Å². The van der Waals surface area contributed by atoms with E-state index in [9.17, 15) is 4.79 Å². The monoisotopic (exact) mass is 310 g/mol. The van der Waals surface area contributed by atoms with Gasteiger partial charge in [0, 0.05) is 18.1 Å². The highest BCUT2D eigenvalue weighted by Crippen LogP contribution is 2.28. The zero-order valence-corrected chi connectivity index (χ0v) is 12.5. The van der Waals surface area contributed by atoms with Crippen molar-refractivity contribution in [2.75, 3.05) is 11.9 Å². The number of amides is 1. The molecule has 1 aromatic heterocycles. The number of aromatic nitrogens is 1. The van der Waals surface area contributed by atoms with E-state index < -0.39 is 0 Å². The highest BCUT2D eigenvalue weighted by Gasteiger charge is 2.17. The van der Waals surface area contributed by atoms with Crippen LogP contribution in [0.4, 0.5) is 5.13 Å². The fraction of sp³-hybridized carbons (Fsp3) is 0.429. The molecule has 1 aliphatic rings. The summed E-state index contributed by atoms with van der Waals surface area (Å²) in [6.07, 6.45) is 3.66. The molecule has 106 valence electrons. The van der Waals surface area contributed by atoms with Crippen LogP contribution in [0, 0.1) is 0 Å². The third-order valence-electron chi connectivity index (χ3n) is 3.31. The summed E-state index contributed by atoms with van der Waals surface area (Å²) in [5.41, 5.74) is 0.855. The smallest absolute Gasteiger partial charge is 0.226 e. The van der Waals surface area contributed by atoms with Gasteiger partial charge in [-0.25, -0.2) is 4.98 Å². The Morgan fingerprint density at radius 1 is 1.55 bits per heavy atom. The number of hydrogen-bond donors (Lipinski definition) is 1. The summed E-state index contributed by atoms with van der Waals surface area (Å²) in [7, 11) is 0. The maximum atomic E-state index is 11.9. The minimum absolute atomic E-state index is 0.00865. The molecule has 1 aliphatic heterocycles. The van der Waals surface area contributed by atoms with Gasteiger partial charge < -0.3 is 10.1 Å². The predicted molar refractivity (Wildman–Crippen MR) is 81.5 cm³/mol. The SMILES string of the molecule is O=C(CCC1CCCO1)Nc1nc2ccc(Cl)cc2s1. The lowest BCUT2D eigenvalue weighted by Crippen LogP contribution is -2.15. The van der Waals surface area contributed by atoms with E-state index in [0.717, 1.165) is 36.1 Å². The molecule has 2 aromatic rings. The lowest BCUT2D eigenvalue weighted by atomic mass is 10.1. The second-order valence-corrected chi connectivity index (χ2v) is 6.32. The van der Waals surface area contributed by atoms with Crippen molar-refractivity contribution in [3.05, 3.63) is 23.2 Å². The van der Waals surface area contributed by atoms with Crippen molar-refractivity contribution in [3.8, 4) is 0 Å². The number of anilines is 1. The van der Waals surface area contributed by atoms with Gasteiger partial charge in [-0.2, -0.15) is 0 Å². The van der Waals surface area contributed by atoms with E-state index in [0.29, 0.717) is 16.6 Å². The number of hydrogen-bond acceptors (Lipinski definition) is 4. The fourth-order valence-electron chi connectivity index (χ4n) is 2.30. The summed E-state index contributed by atoms with van der Waals surface area (Å²) in [6, 6.07) is 5.51. The van der Waals surface area contributed by atoms with Crippen LogP contribution in [0.15, 0.2) is 18.2 Å². The number of nitrogens with zero attached hydrogens (tertiary/aromatic N) is 1. The topological polar surface area (TPSA) is 51.2 Å². The van der Waals surface area contributed by atoms with Gasteiger partial charge >= 0.3 is 0 Å². The molecular formula is C14H15ClN2O2S. The van der Waals surface area contributed by atoms with Crippen LogP contribution in [0.25, 0.3) is 10.2 Å². The Hall–Kier alpha value is -1.17. The van der Waals surface area contributed by atoms with Crippen molar-refractivity contribution >= 4 is 44.2 Å². The maximum Gasteiger partial charge on any atom is 0.226 e. The average Bonchev–Trinajstić information content (AvgIpc) is 3.04. The number of benzene rings is 1. The molecular weight excluding hydrogens is 296 g/mol. The molecule has 0 bridgehead atoms. The van der Waals surface area contributed by atoms with E-state index in [2.05, 4.69) is 10.3 Å². The molecule has 1 fully saturated rings. The average molecular weight is 311 g/mol. The van der Waals surface area contributed by atoms with E-state index in [1.807, 2.05) is 12.1 Å². The zero-order valence-electron chi connectivity index (χ0n) is 10.9. The largest absolute Gasteiger partial charge is 0.378 e. The van der Waals surface area contributed by atoms with Crippen molar-refractivity contribution in [2.24, 2.45) is 0 Å². The molecule has 1 N–H and O–H groups in total. The van der Waals surface area contributed by atoms with Crippen molar-refractivity contribution in [1.29, 1.82) is 0 Å². The Labute approximate surface area is 126 Å². The van der Waals surface area contributed by atoms with Gasteiger partial charge in [-0.05, 0) is 37.5 Å². The van der Waals surface area contributed by atoms with Gasteiger partial charge in [0.2, 0.25) is 5.91 Å². The number of thiazole rings is 1. The first-order valence-electron chi connectivity index (χ1n) is 6.68. The van der Waals surface area contributed by atoms with Crippen LogP contribution >= 0.6 is 22.9 Å². The lowest BCUT2D eigenvalue weighted by molar-refractivity contribution is -0.116. The van der Waals surface area contributed by atoms with Crippen LogP contribution in [-0.4, -0.2) is 23.6 Å². The first-order valence-corrected chi connectivity index (χ1v) is 7.88. The molecule has 0 radical (unpaired) electrons. The quantitative estimate of drug-likeness (QED) is 0.933. The molecule has 3 rings (SSSR count). The van der Waals surface area contributed by atoms with Crippen LogP contribution in [0.2, 0.25) is 5.02 Å². The third-order valence-corrected chi connectivity index (χ3v) is 4.48. The number of nitrogens with one attached hydrogen (secondary N) is 1. The highest BCUT2D eigenvalue weighted by molar-refractivity contribution is 7.22. The molecule has 0 spiro atoms.